The molecule has 1 saturated heterocycles. The Morgan fingerprint density at radius 2 is 1.78 bits per heavy atom. The standard InChI is InChI=1S/C26H24N4O5S/c1-34-19-7-4-6-18(16-19)30-24(32)20-8-2-3-9-21(20)27-26(30)36-17-23(31)28-11-13-29(14-12-28)25(33)22-10-5-15-35-22/h2-10,15-16H,11-14,17H2,1H3. The number of carbonyl (C=O) groups is 2. The summed E-state index contributed by atoms with van der Waals surface area (Å²) in [5.41, 5.74) is 0.966. The van der Waals surface area contributed by atoms with Crippen LogP contribution >= 0.6 is 11.8 Å². The molecule has 1 aliphatic rings. The van der Waals surface area contributed by atoms with Gasteiger partial charge >= 0.3 is 0 Å². The molecule has 184 valence electrons. The monoisotopic (exact) mass is 504 g/mol. The van der Waals surface area contributed by atoms with E-state index in [1.807, 2.05) is 12.1 Å². The number of ether oxygens (including phenoxy) is 1. The predicted molar refractivity (Wildman–Crippen MR) is 136 cm³/mol. The smallest absolute Gasteiger partial charge is 0.289 e. The lowest BCUT2D eigenvalue weighted by Gasteiger charge is -2.34. The number of para-hydroxylation sites is 1. The number of benzene rings is 2. The molecule has 0 radical (unpaired) electrons. The van der Waals surface area contributed by atoms with Gasteiger partial charge < -0.3 is 19.0 Å². The molecule has 10 heteroatoms. The highest BCUT2D eigenvalue weighted by molar-refractivity contribution is 7.99. The molecule has 1 fully saturated rings. The van der Waals surface area contributed by atoms with Crippen molar-refractivity contribution in [3.63, 3.8) is 0 Å². The van der Waals surface area contributed by atoms with Crippen LogP contribution in [0.25, 0.3) is 16.6 Å². The summed E-state index contributed by atoms with van der Waals surface area (Å²) in [6.45, 7) is 1.72. The Morgan fingerprint density at radius 3 is 2.53 bits per heavy atom. The number of nitrogens with zero attached hydrogens (tertiary/aromatic N) is 4. The Balaban J connectivity index is 1.34. The molecule has 2 aromatic heterocycles. The number of rotatable bonds is 6. The average molecular weight is 505 g/mol. The minimum absolute atomic E-state index is 0.0790. The highest BCUT2D eigenvalue weighted by Crippen LogP contribution is 2.24. The van der Waals surface area contributed by atoms with Gasteiger partial charge in [0.15, 0.2) is 10.9 Å². The highest BCUT2D eigenvalue weighted by atomic mass is 32.2. The van der Waals surface area contributed by atoms with Gasteiger partial charge in [-0.15, -0.1) is 0 Å². The molecule has 1 aliphatic heterocycles. The van der Waals surface area contributed by atoms with Gasteiger partial charge in [0.25, 0.3) is 11.5 Å². The van der Waals surface area contributed by atoms with Crippen LogP contribution in [0.1, 0.15) is 10.6 Å². The van der Waals surface area contributed by atoms with E-state index in [4.69, 9.17) is 14.1 Å². The second kappa shape index (κ2) is 10.3. The van der Waals surface area contributed by atoms with Crippen molar-refractivity contribution in [3.8, 4) is 11.4 Å². The number of aromatic nitrogens is 2. The summed E-state index contributed by atoms with van der Waals surface area (Å²) in [4.78, 5) is 47.0. The number of carbonyl (C=O) groups excluding carboxylic acids is 2. The van der Waals surface area contributed by atoms with Crippen molar-refractivity contribution in [1.29, 1.82) is 0 Å². The van der Waals surface area contributed by atoms with Gasteiger partial charge in [-0.25, -0.2) is 4.98 Å². The third-order valence-corrected chi connectivity index (χ3v) is 6.96. The van der Waals surface area contributed by atoms with E-state index in [1.54, 1.807) is 65.4 Å². The minimum atomic E-state index is -0.214. The number of hydrogen-bond donors (Lipinski definition) is 0. The second-order valence-corrected chi connectivity index (χ2v) is 9.14. The molecule has 0 spiro atoms. The second-order valence-electron chi connectivity index (χ2n) is 8.19. The molecule has 0 aliphatic carbocycles. The SMILES string of the molecule is COc1cccc(-n2c(SCC(=O)N3CCN(C(=O)c4ccco4)CC3)nc3ccccc3c2=O)c1. The largest absolute Gasteiger partial charge is 0.497 e. The molecule has 3 heterocycles. The third-order valence-electron chi connectivity index (χ3n) is 6.03. The molecule has 2 aromatic carbocycles. The average Bonchev–Trinajstić information content (AvgIpc) is 3.47. The maximum Gasteiger partial charge on any atom is 0.289 e. The topological polar surface area (TPSA) is 97.9 Å². The fraction of sp³-hybridized carbons (Fsp3) is 0.231. The fourth-order valence-electron chi connectivity index (χ4n) is 4.12. The first-order chi connectivity index (χ1) is 17.5. The quantitative estimate of drug-likeness (QED) is 0.294. The summed E-state index contributed by atoms with van der Waals surface area (Å²) in [5, 5.41) is 0.917. The van der Waals surface area contributed by atoms with Crippen molar-refractivity contribution in [2.24, 2.45) is 0 Å². The fourth-order valence-corrected chi connectivity index (χ4v) is 5.03. The van der Waals surface area contributed by atoms with E-state index < -0.39 is 0 Å². The number of furan rings is 1. The van der Waals surface area contributed by atoms with Crippen LogP contribution in [0.5, 0.6) is 5.75 Å². The van der Waals surface area contributed by atoms with Gasteiger partial charge in [-0.1, -0.05) is 30.0 Å². The summed E-state index contributed by atoms with van der Waals surface area (Å²) in [7, 11) is 1.57. The maximum atomic E-state index is 13.4. The van der Waals surface area contributed by atoms with Crippen LogP contribution in [0.4, 0.5) is 0 Å². The molecule has 0 N–H and O–H groups in total. The Kier molecular flexibility index (Phi) is 6.77. The molecule has 0 saturated carbocycles. The van der Waals surface area contributed by atoms with E-state index >= 15 is 0 Å². The van der Waals surface area contributed by atoms with Crippen LogP contribution < -0.4 is 10.3 Å². The first kappa shape index (κ1) is 23.7. The Hall–Kier alpha value is -4.05. The van der Waals surface area contributed by atoms with E-state index in [0.29, 0.717) is 59.4 Å². The normalized spacial score (nSPS) is 13.7. The van der Waals surface area contributed by atoms with Gasteiger partial charge in [0, 0.05) is 32.2 Å². The van der Waals surface area contributed by atoms with Gasteiger partial charge in [0.05, 0.1) is 35.7 Å². The van der Waals surface area contributed by atoms with E-state index in [0.717, 1.165) is 0 Å². The first-order valence-corrected chi connectivity index (χ1v) is 12.4. The van der Waals surface area contributed by atoms with Crippen molar-refractivity contribution in [2.45, 2.75) is 5.16 Å². The lowest BCUT2D eigenvalue weighted by Crippen LogP contribution is -2.51. The lowest BCUT2D eigenvalue weighted by molar-refractivity contribution is -0.129. The molecule has 4 aromatic rings. The van der Waals surface area contributed by atoms with E-state index in [1.165, 1.54) is 22.6 Å². The summed E-state index contributed by atoms with van der Waals surface area (Å²) < 4.78 is 12.0. The van der Waals surface area contributed by atoms with Crippen LogP contribution in [0.15, 0.2) is 81.3 Å². The van der Waals surface area contributed by atoms with Gasteiger partial charge in [-0.3, -0.25) is 19.0 Å². The summed E-state index contributed by atoms with van der Waals surface area (Å²) in [6, 6.07) is 17.6. The summed E-state index contributed by atoms with van der Waals surface area (Å²) in [6.07, 6.45) is 1.47. The number of amides is 2. The summed E-state index contributed by atoms with van der Waals surface area (Å²) >= 11 is 1.22. The van der Waals surface area contributed by atoms with Crippen molar-refractivity contribution >= 4 is 34.5 Å². The Morgan fingerprint density at radius 1 is 1.00 bits per heavy atom. The van der Waals surface area contributed by atoms with E-state index in [-0.39, 0.29) is 23.1 Å². The Labute approximate surface area is 211 Å². The number of fused-ring (bicyclic) bond motifs is 1. The van der Waals surface area contributed by atoms with E-state index in [2.05, 4.69) is 0 Å². The maximum absolute atomic E-state index is 13.4. The van der Waals surface area contributed by atoms with Crippen molar-refractivity contribution < 1.29 is 18.7 Å². The number of thioether (sulfide) groups is 1. The van der Waals surface area contributed by atoms with Gasteiger partial charge in [0.2, 0.25) is 5.91 Å². The number of piperazine rings is 1. The lowest BCUT2D eigenvalue weighted by atomic mass is 10.2. The Bertz CT molecular complexity index is 1460. The zero-order valence-corrected chi connectivity index (χ0v) is 20.4. The molecule has 0 bridgehead atoms. The minimum Gasteiger partial charge on any atom is -0.497 e. The van der Waals surface area contributed by atoms with Crippen molar-refractivity contribution in [3.05, 3.63) is 83.0 Å². The van der Waals surface area contributed by atoms with Crippen LogP contribution in [0.2, 0.25) is 0 Å². The van der Waals surface area contributed by atoms with Gasteiger partial charge in [-0.2, -0.15) is 0 Å². The molecule has 36 heavy (non-hydrogen) atoms. The van der Waals surface area contributed by atoms with Crippen molar-refractivity contribution in [1.82, 2.24) is 19.4 Å². The third kappa shape index (κ3) is 4.72. The molecule has 5 rings (SSSR count). The predicted octanol–water partition coefficient (Wildman–Crippen LogP) is 3.06. The highest BCUT2D eigenvalue weighted by Gasteiger charge is 2.26. The van der Waals surface area contributed by atoms with Crippen LogP contribution in [0, 0.1) is 0 Å². The molecule has 0 atom stereocenters. The molecule has 0 unspecified atom stereocenters. The van der Waals surface area contributed by atoms with Crippen LogP contribution in [-0.2, 0) is 4.79 Å². The van der Waals surface area contributed by atoms with Crippen molar-refractivity contribution in [2.75, 3.05) is 39.0 Å². The number of methoxy groups -OCH3 is 1. The molecular formula is C26H24N4O5S. The molecule has 2 amide bonds. The van der Waals surface area contributed by atoms with E-state index in [9.17, 15) is 14.4 Å². The molecule has 9 nitrogen and oxygen atoms in total. The molecular weight excluding hydrogens is 480 g/mol. The van der Waals surface area contributed by atoms with Crippen LogP contribution in [0.3, 0.4) is 0 Å². The van der Waals surface area contributed by atoms with Crippen LogP contribution in [-0.4, -0.2) is 70.2 Å². The van der Waals surface area contributed by atoms with Gasteiger partial charge in [0.1, 0.15) is 5.75 Å². The zero-order chi connectivity index (χ0) is 25.1. The first-order valence-electron chi connectivity index (χ1n) is 11.4. The number of hydrogen-bond acceptors (Lipinski definition) is 7. The van der Waals surface area contributed by atoms with Gasteiger partial charge in [-0.05, 0) is 36.4 Å². The zero-order valence-electron chi connectivity index (χ0n) is 19.6. The summed E-state index contributed by atoms with van der Waals surface area (Å²) in [5.74, 6) is 0.763.